The average Bonchev–Trinajstić information content (AvgIpc) is 2.81. The van der Waals surface area contributed by atoms with Crippen molar-refractivity contribution < 1.29 is 0 Å². The maximum atomic E-state index is 2.54. The number of unbranched alkanes of at least 4 members (excludes halogenated alkanes) is 3. The van der Waals surface area contributed by atoms with Crippen LogP contribution in [0.5, 0.6) is 0 Å². The van der Waals surface area contributed by atoms with Crippen LogP contribution >= 0.6 is 0 Å². The first-order valence-electron chi connectivity index (χ1n) is 12.3. The van der Waals surface area contributed by atoms with Crippen LogP contribution in [-0.4, -0.2) is 20.2 Å². The molecule has 0 atom stereocenters. The molecular formula is C30H39Sb. The molecule has 0 aliphatic heterocycles. The van der Waals surface area contributed by atoms with E-state index in [-0.39, 0.29) is 0 Å². The van der Waals surface area contributed by atoms with Crippen LogP contribution in [0.2, 0.25) is 0 Å². The third kappa shape index (κ3) is 7.25. The van der Waals surface area contributed by atoms with E-state index in [9.17, 15) is 0 Å². The molecule has 3 aromatic carbocycles. The van der Waals surface area contributed by atoms with E-state index in [1.807, 2.05) is 0 Å². The van der Waals surface area contributed by atoms with Crippen molar-refractivity contribution in [3.05, 3.63) is 89.5 Å². The molecule has 0 aliphatic carbocycles. The second kappa shape index (κ2) is 13.1. The van der Waals surface area contributed by atoms with Crippen molar-refractivity contribution in [2.75, 3.05) is 0 Å². The fraction of sp³-hybridized carbons (Fsp3) is 0.400. The summed E-state index contributed by atoms with van der Waals surface area (Å²) in [4.78, 5) is 0. The van der Waals surface area contributed by atoms with Crippen LogP contribution in [-0.2, 0) is 19.3 Å². The summed E-state index contributed by atoms with van der Waals surface area (Å²) in [7, 11) is 0. The predicted octanol–water partition coefficient (Wildman–Crippen LogP) is 6.23. The van der Waals surface area contributed by atoms with Crippen LogP contribution in [0.15, 0.2) is 72.8 Å². The third-order valence-electron chi connectivity index (χ3n) is 5.96. The summed E-state index contributed by atoms with van der Waals surface area (Å²) in [5, 5.41) is 0. The van der Waals surface area contributed by atoms with Gasteiger partial charge < -0.3 is 0 Å². The SMILES string of the molecule is CCCCc1ccc[c]([Sb]([c]2cccc(CCCC)c2)[c]2cccc(CCCC)c2)c1. The summed E-state index contributed by atoms with van der Waals surface area (Å²) in [5.74, 6) is 0. The number of hydrogen-bond donors (Lipinski definition) is 0. The van der Waals surface area contributed by atoms with Gasteiger partial charge >= 0.3 is 199 Å². The van der Waals surface area contributed by atoms with E-state index >= 15 is 0 Å². The van der Waals surface area contributed by atoms with Crippen molar-refractivity contribution in [3.63, 3.8) is 0 Å². The summed E-state index contributed by atoms with van der Waals surface area (Å²) in [5.41, 5.74) is 4.54. The normalized spacial score (nSPS) is 11.2. The quantitative estimate of drug-likeness (QED) is 0.248. The number of benzene rings is 3. The summed E-state index contributed by atoms with van der Waals surface area (Å²) < 4.78 is 4.82. The average molecular weight is 521 g/mol. The van der Waals surface area contributed by atoms with Gasteiger partial charge in [0.15, 0.2) is 0 Å². The first-order valence-corrected chi connectivity index (χ1v) is 16.1. The molecular weight excluding hydrogens is 482 g/mol. The van der Waals surface area contributed by atoms with E-state index in [1.54, 1.807) is 10.5 Å². The van der Waals surface area contributed by atoms with Crippen molar-refractivity contribution in [2.45, 2.75) is 78.6 Å². The molecule has 0 radical (unpaired) electrons. The molecule has 0 amide bonds. The van der Waals surface area contributed by atoms with E-state index in [2.05, 4.69) is 93.6 Å². The van der Waals surface area contributed by atoms with Gasteiger partial charge in [-0.15, -0.1) is 0 Å². The fourth-order valence-corrected chi connectivity index (χ4v) is 11.2. The zero-order valence-electron chi connectivity index (χ0n) is 19.7. The van der Waals surface area contributed by atoms with Crippen molar-refractivity contribution in [1.29, 1.82) is 0 Å². The first kappa shape index (κ1) is 24.1. The molecule has 0 fully saturated rings. The molecule has 0 aliphatic rings. The van der Waals surface area contributed by atoms with Crippen LogP contribution in [0, 0.1) is 0 Å². The van der Waals surface area contributed by atoms with Gasteiger partial charge in [-0.05, 0) is 0 Å². The Labute approximate surface area is 198 Å². The van der Waals surface area contributed by atoms with Crippen LogP contribution in [0.3, 0.4) is 0 Å². The molecule has 164 valence electrons. The maximum absolute atomic E-state index is 2.54. The number of hydrogen-bond acceptors (Lipinski definition) is 0. The van der Waals surface area contributed by atoms with Gasteiger partial charge in [0.2, 0.25) is 0 Å². The summed E-state index contributed by atoms with van der Waals surface area (Å²) in [6, 6.07) is 28.7. The van der Waals surface area contributed by atoms with E-state index in [0.29, 0.717) is 0 Å². The molecule has 3 aromatic rings. The van der Waals surface area contributed by atoms with E-state index in [4.69, 9.17) is 0 Å². The minimum absolute atomic E-state index is 1.20. The van der Waals surface area contributed by atoms with Gasteiger partial charge in [-0.25, -0.2) is 0 Å². The van der Waals surface area contributed by atoms with E-state index in [0.717, 1.165) is 0 Å². The van der Waals surface area contributed by atoms with Crippen molar-refractivity contribution in [2.24, 2.45) is 0 Å². The second-order valence-corrected chi connectivity index (χ2v) is 15.0. The molecule has 0 bridgehead atoms. The molecule has 3 rings (SSSR count). The van der Waals surface area contributed by atoms with E-state index in [1.165, 1.54) is 74.5 Å². The topological polar surface area (TPSA) is 0 Å². The van der Waals surface area contributed by atoms with Crippen LogP contribution < -0.4 is 10.5 Å². The first-order chi connectivity index (χ1) is 15.2. The Morgan fingerprint density at radius 1 is 0.484 bits per heavy atom. The summed E-state index contributed by atoms with van der Waals surface area (Å²) >= 11 is -2.07. The van der Waals surface area contributed by atoms with Gasteiger partial charge in [0.05, 0.1) is 0 Å². The molecule has 0 saturated heterocycles. The van der Waals surface area contributed by atoms with Crippen molar-refractivity contribution in [1.82, 2.24) is 0 Å². The molecule has 0 aromatic heterocycles. The van der Waals surface area contributed by atoms with Crippen molar-refractivity contribution in [3.8, 4) is 0 Å². The molecule has 31 heavy (non-hydrogen) atoms. The minimum atomic E-state index is -2.07. The molecule has 0 heterocycles. The van der Waals surface area contributed by atoms with Crippen LogP contribution in [0.25, 0.3) is 0 Å². The zero-order valence-corrected chi connectivity index (χ0v) is 22.3. The molecule has 0 saturated carbocycles. The molecule has 0 spiro atoms. The number of aryl methyl sites for hydroxylation is 3. The fourth-order valence-electron chi connectivity index (χ4n) is 4.14. The van der Waals surface area contributed by atoms with Gasteiger partial charge in [0, 0.05) is 0 Å². The molecule has 0 nitrogen and oxygen atoms in total. The van der Waals surface area contributed by atoms with Gasteiger partial charge in [-0.2, -0.15) is 0 Å². The Morgan fingerprint density at radius 2 is 0.806 bits per heavy atom. The Bertz CT molecular complexity index is 805. The molecule has 0 unspecified atom stereocenters. The zero-order chi connectivity index (χ0) is 21.9. The summed E-state index contributed by atoms with van der Waals surface area (Å²) in [6.07, 6.45) is 11.2. The predicted molar refractivity (Wildman–Crippen MR) is 140 cm³/mol. The third-order valence-corrected chi connectivity index (χ3v) is 12.8. The van der Waals surface area contributed by atoms with Crippen molar-refractivity contribution >= 4 is 30.7 Å². The number of rotatable bonds is 12. The van der Waals surface area contributed by atoms with Gasteiger partial charge in [-0.1, -0.05) is 0 Å². The molecule has 0 N–H and O–H groups in total. The van der Waals surface area contributed by atoms with E-state index < -0.39 is 20.2 Å². The second-order valence-electron chi connectivity index (χ2n) is 8.66. The Balaban J connectivity index is 2.03. The molecule has 1 heteroatoms. The summed E-state index contributed by atoms with van der Waals surface area (Å²) in [6.45, 7) is 6.86. The van der Waals surface area contributed by atoms with Crippen LogP contribution in [0.4, 0.5) is 0 Å². The standard InChI is InChI=1S/3C10H13.Sb/c3*1-2-3-7-10-8-5-4-6-9-10;/h3*4-5,8-9H,2-3,7H2,1H3;. The Morgan fingerprint density at radius 3 is 1.10 bits per heavy atom. The van der Waals surface area contributed by atoms with Crippen LogP contribution in [0.1, 0.15) is 76.0 Å². The van der Waals surface area contributed by atoms with Gasteiger partial charge in [0.25, 0.3) is 0 Å². The Hall–Kier alpha value is -1.52. The van der Waals surface area contributed by atoms with Gasteiger partial charge in [-0.3, -0.25) is 0 Å². The Kier molecular flexibility index (Phi) is 10.2. The van der Waals surface area contributed by atoms with Gasteiger partial charge in [0.1, 0.15) is 0 Å². The monoisotopic (exact) mass is 520 g/mol.